The molecule has 0 aliphatic heterocycles. The SMILES string of the molecule is O=C(O)c1cc(CO)ccc1Nc1c(C2CCC(F)(F)CC2)cnc2ccc(F)cc12. The van der Waals surface area contributed by atoms with Gasteiger partial charge in [0.05, 0.1) is 29.1 Å². The lowest BCUT2D eigenvalue weighted by molar-refractivity contribution is -0.0381. The number of fused-ring (bicyclic) bond motifs is 1. The lowest BCUT2D eigenvalue weighted by Gasteiger charge is -2.30. The Hall–Kier alpha value is -3.13. The number of carbonyl (C=O) groups is 1. The molecule has 0 bridgehead atoms. The van der Waals surface area contributed by atoms with Crippen molar-refractivity contribution in [2.24, 2.45) is 0 Å². The topological polar surface area (TPSA) is 82.5 Å². The normalized spacial score (nSPS) is 16.4. The standard InChI is InChI=1S/C23H21F3N2O3/c24-15-2-4-19-16(10-15)21(18(11-27-19)14-5-7-23(25,26)8-6-14)28-20-3-1-13(12-29)9-17(20)22(30)31/h1-4,9-11,14,29H,5-8,12H2,(H,27,28)(H,30,31). The van der Waals surface area contributed by atoms with Gasteiger partial charge in [0.2, 0.25) is 5.92 Å². The summed E-state index contributed by atoms with van der Waals surface area (Å²) in [6.45, 7) is -0.314. The summed E-state index contributed by atoms with van der Waals surface area (Å²) in [5, 5.41) is 22.5. The molecule has 31 heavy (non-hydrogen) atoms. The summed E-state index contributed by atoms with van der Waals surface area (Å²) < 4.78 is 41.4. The molecule has 0 atom stereocenters. The number of nitrogens with one attached hydrogen (secondary N) is 1. The fourth-order valence-electron chi connectivity index (χ4n) is 4.09. The zero-order valence-electron chi connectivity index (χ0n) is 16.5. The predicted molar refractivity (Wildman–Crippen MR) is 110 cm³/mol. The molecule has 3 N–H and O–H groups in total. The van der Waals surface area contributed by atoms with Gasteiger partial charge < -0.3 is 15.5 Å². The minimum Gasteiger partial charge on any atom is -0.478 e. The van der Waals surface area contributed by atoms with E-state index in [0.29, 0.717) is 27.7 Å². The first-order valence-corrected chi connectivity index (χ1v) is 9.97. The Balaban J connectivity index is 1.84. The smallest absolute Gasteiger partial charge is 0.337 e. The summed E-state index contributed by atoms with van der Waals surface area (Å²) in [7, 11) is 0. The highest BCUT2D eigenvalue weighted by atomic mass is 19.3. The van der Waals surface area contributed by atoms with Crippen LogP contribution in [0.1, 0.15) is 53.1 Å². The fourth-order valence-corrected chi connectivity index (χ4v) is 4.09. The van der Waals surface area contributed by atoms with Crippen LogP contribution in [-0.2, 0) is 6.61 Å². The Morgan fingerprint density at radius 1 is 1.16 bits per heavy atom. The molecular formula is C23H21F3N2O3. The third kappa shape index (κ3) is 4.34. The van der Waals surface area contributed by atoms with Crippen molar-refractivity contribution in [3.63, 3.8) is 0 Å². The summed E-state index contributed by atoms with van der Waals surface area (Å²) in [5.41, 5.74) is 2.23. The molecule has 0 unspecified atom stereocenters. The Kier molecular flexibility index (Phi) is 5.58. The maximum absolute atomic E-state index is 14.1. The van der Waals surface area contributed by atoms with Crippen molar-refractivity contribution in [2.75, 3.05) is 5.32 Å². The number of anilines is 2. The van der Waals surface area contributed by atoms with Gasteiger partial charge in [0.1, 0.15) is 5.82 Å². The van der Waals surface area contributed by atoms with Gasteiger partial charge in [-0.3, -0.25) is 4.98 Å². The number of halogens is 3. The van der Waals surface area contributed by atoms with Gasteiger partial charge in [0.25, 0.3) is 0 Å². The molecule has 3 aromatic rings. The van der Waals surface area contributed by atoms with E-state index < -0.39 is 17.7 Å². The van der Waals surface area contributed by atoms with Gasteiger partial charge in [-0.25, -0.2) is 18.0 Å². The maximum Gasteiger partial charge on any atom is 0.337 e. The van der Waals surface area contributed by atoms with E-state index in [1.165, 1.54) is 30.3 Å². The van der Waals surface area contributed by atoms with E-state index in [2.05, 4.69) is 10.3 Å². The molecule has 0 amide bonds. The van der Waals surface area contributed by atoms with Crippen LogP contribution in [-0.4, -0.2) is 27.1 Å². The Bertz CT molecular complexity index is 1140. The molecule has 162 valence electrons. The van der Waals surface area contributed by atoms with Crippen molar-refractivity contribution in [2.45, 2.75) is 44.1 Å². The summed E-state index contributed by atoms with van der Waals surface area (Å²) in [6.07, 6.45) is 1.60. The van der Waals surface area contributed by atoms with Crippen LogP contribution in [0.15, 0.2) is 42.6 Å². The number of alkyl halides is 2. The Morgan fingerprint density at radius 3 is 2.58 bits per heavy atom. The molecular weight excluding hydrogens is 409 g/mol. The fraction of sp³-hybridized carbons (Fsp3) is 0.304. The number of aromatic nitrogens is 1. The van der Waals surface area contributed by atoms with Gasteiger partial charge in [-0.1, -0.05) is 6.07 Å². The maximum atomic E-state index is 14.1. The predicted octanol–water partition coefficient (Wildman–Crippen LogP) is 5.60. The number of aromatic carboxylic acids is 1. The molecule has 1 saturated carbocycles. The molecule has 4 rings (SSSR count). The highest BCUT2D eigenvalue weighted by Crippen LogP contribution is 2.44. The van der Waals surface area contributed by atoms with E-state index in [1.54, 1.807) is 12.3 Å². The first-order chi connectivity index (χ1) is 14.8. The van der Waals surface area contributed by atoms with Crippen LogP contribution in [0, 0.1) is 5.82 Å². The lowest BCUT2D eigenvalue weighted by atomic mass is 9.81. The van der Waals surface area contributed by atoms with Crippen molar-refractivity contribution in [3.05, 3.63) is 65.1 Å². The molecule has 1 aliphatic rings. The average Bonchev–Trinajstić information content (AvgIpc) is 2.74. The molecule has 0 saturated heterocycles. The number of aliphatic hydroxyl groups excluding tert-OH is 1. The molecule has 8 heteroatoms. The Labute approximate surface area is 176 Å². The molecule has 2 aromatic carbocycles. The highest BCUT2D eigenvalue weighted by Gasteiger charge is 2.36. The van der Waals surface area contributed by atoms with Crippen molar-refractivity contribution >= 4 is 28.2 Å². The Morgan fingerprint density at radius 2 is 1.90 bits per heavy atom. The van der Waals surface area contributed by atoms with Crippen LogP contribution < -0.4 is 5.32 Å². The van der Waals surface area contributed by atoms with Gasteiger partial charge in [0, 0.05) is 24.4 Å². The van der Waals surface area contributed by atoms with E-state index >= 15 is 0 Å². The van der Waals surface area contributed by atoms with E-state index in [0.717, 1.165) is 0 Å². The first kappa shape index (κ1) is 21.1. The van der Waals surface area contributed by atoms with Crippen LogP contribution >= 0.6 is 0 Å². The number of pyridine rings is 1. The van der Waals surface area contributed by atoms with Crippen LogP contribution in [0.4, 0.5) is 24.5 Å². The van der Waals surface area contributed by atoms with Crippen molar-refractivity contribution in [1.82, 2.24) is 4.98 Å². The third-order valence-electron chi connectivity index (χ3n) is 5.77. The average molecular weight is 430 g/mol. The minimum atomic E-state index is -2.70. The zero-order valence-corrected chi connectivity index (χ0v) is 16.5. The third-order valence-corrected chi connectivity index (χ3v) is 5.77. The molecule has 0 spiro atoms. The van der Waals surface area contributed by atoms with Gasteiger partial charge in [-0.05, 0) is 60.2 Å². The summed E-state index contributed by atoms with van der Waals surface area (Å²) in [6, 6.07) is 8.56. The molecule has 1 fully saturated rings. The second kappa shape index (κ2) is 8.19. The number of carboxylic acids is 1. The van der Waals surface area contributed by atoms with Gasteiger partial charge >= 0.3 is 5.97 Å². The number of nitrogens with zero attached hydrogens (tertiary/aromatic N) is 1. The summed E-state index contributed by atoms with van der Waals surface area (Å²) in [4.78, 5) is 16.2. The van der Waals surface area contributed by atoms with E-state index in [-0.39, 0.29) is 49.5 Å². The second-order valence-corrected chi connectivity index (χ2v) is 7.85. The van der Waals surface area contributed by atoms with E-state index in [1.807, 2.05) is 0 Å². The molecule has 5 nitrogen and oxygen atoms in total. The lowest BCUT2D eigenvalue weighted by Crippen LogP contribution is -2.24. The van der Waals surface area contributed by atoms with E-state index in [4.69, 9.17) is 0 Å². The number of carboxylic acid groups (broad SMARTS) is 1. The van der Waals surface area contributed by atoms with Gasteiger partial charge in [-0.15, -0.1) is 0 Å². The summed E-state index contributed by atoms with van der Waals surface area (Å²) in [5.74, 6) is -4.59. The van der Waals surface area contributed by atoms with Gasteiger partial charge in [0.15, 0.2) is 0 Å². The minimum absolute atomic E-state index is 0.0611. The van der Waals surface area contributed by atoms with Crippen LogP contribution in [0.25, 0.3) is 10.9 Å². The quantitative estimate of drug-likeness (QED) is 0.491. The number of aliphatic hydroxyl groups is 1. The van der Waals surface area contributed by atoms with Crippen molar-refractivity contribution in [1.29, 1.82) is 0 Å². The molecule has 1 heterocycles. The first-order valence-electron chi connectivity index (χ1n) is 9.97. The monoisotopic (exact) mass is 430 g/mol. The van der Waals surface area contributed by atoms with Crippen molar-refractivity contribution < 1.29 is 28.2 Å². The van der Waals surface area contributed by atoms with Crippen LogP contribution in [0.2, 0.25) is 0 Å². The number of hydrogen-bond acceptors (Lipinski definition) is 4. The molecule has 0 radical (unpaired) electrons. The molecule has 1 aliphatic carbocycles. The summed E-state index contributed by atoms with van der Waals surface area (Å²) >= 11 is 0. The highest BCUT2D eigenvalue weighted by molar-refractivity contribution is 5.99. The van der Waals surface area contributed by atoms with Crippen molar-refractivity contribution in [3.8, 4) is 0 Å². The zero-order chi connectivity index (χ0) is 22.2. The van der Waals surface area contributed by atoms with E-state index in [9.17, 15) is 28.2 Å². The number of benzene rings is 2. The largest absolute Gasteiger partial charge is 0.478 e. The van der Waals surface area contributed by atoms with Crippen LogP contribution in [0.5, 0.6) is 0 Å². The van der Waals surface area contributed by atoms with Crippen LogP contribution in [0.3, 0.4) is 0 Å². The number of rotatable bonds is 5. The second-order valence-electron chi connectivity index (χ2n) is 7.85. The molecule has 1 aromatic heterocycles. The van der Waals surface area contributed by atoms with Gasteiger partial charge in [-0.2, -0.15) is 0 Å². The number of hydrogen-bond donors (Lipinski definition) is 3.